The van der Waals surface area contributed by atoms with E-state index in [-0.39, 0.29) is 28.1 Å². The predicted molar refractivity (Wildman–Crippen MR) is 65.4 cm³/mol. The van der Waals surface area contributed by atoms with Gasteiger partial charge in [0, 0.05) is 18.2 Å². The SMILES string of the molecule is O=C(O)C=CCOc1c(Cl)cc([N+](=O)[O-])cc1Cl. The zero-order valence-corrected chi connectivity index (χ0v) is 10.3. The van der Waals surface area contributed by atoms with Gasteiger partial charge in [0.15, 0.2) is 5.75 Å². The lowest BCUT2D eigenvalue weighted by Crippen LogP contribution is -1.98. The van der Waals surface area contributed by atoms with Crippen molar-refractivity contribution in [3.63, 3.8) is 0 Å². The fourth-order valence-corrected chi connectivity index (χ4v) is 1.65. The van der Waals surface area contributed by atoms with Gasteiger partial charge in [-0.1, -0.05) is 23.2 Å². The zero-order valence-electron chi connectivity index (χ0n) is 8.80. The molecular formula is C10H7Cl2NO5. The number of non-ortho nitro benzene ring substituents is 1. The van der Waals surface area contributed by atoms with Crippen molar-refractivity contribution in [1.29, 1.82) is 0 Å². The Morgan fingerprint density at radius 3 is 2.44 bits per heavy atom. The minimum Gasteiger partial charge on any atom is -0.486 e. The number of nitro benzene ring substituents is 1. The summed E-state index contributed by atoms with van der Waals surface area (Å²) in [7, 11) is 0. The monoisotopic (exact) mass is 291 g/mol. The second-order valence-electron chi connectivity index (χ2n) is 3.05. The van der Waals surface area contributed by atoms with Gasteiger partial charge in [0.1, 0.15) is 6.61 Å². The fraction of sp³-hybridized carbons (Fsp3) is 0.100. The fourth-order valence-electron chi connectivity index (χ4n) is 1.07. The first-order chi connectivity index (χ1) is 8.41. The Morgan fingerprint density at radius 1 is 1.44 bits per heavy atom. The molecule has 0 aliphatic carbocycles. The first-order valence-corrected chi connectivity index (χ1v) is 5.33. The first kappa shape index (κ1) is 14.3. The second kappa shape index (κ2) is 6.23. The van der Waals surface area contributed by atoms with Crippen molar-refractivity contribution >= 4 is 34.9 Å². The van der Waals surface area contributed by atoms with Crippen LogP contribution < -0.4 is 4.74 Å². The molecule has 0 unspecified atom stereocenters. The van der Waals surface area contributed by atoms with Crippen LogP contribution in [0.1, 0.15) is 0 Å². The zero-order chi connectivity index (χ0) is 13.7. The molecule has 0 saturated carbocycles. The van der Waals surface area contributed by atoms with Crippen LogP contribution in [-0.2, 0) is 4.79 Å². The van der Waals surface area contributed by atoms with Crippen LogP contribution in [0.15, 0.2) is 24.3 Å². The molecule has 1 N–H and O–H groups in total. The maximum absolute atomic E-state index is 10.5. The lowest BCUT2D eigenvalue weighted by molar-refractivity contribution is -0.384. The minimum absolute atomic E-state index is 0.0158. The van der Waals surface area contributed by atoms with Crippen LogP contribution in [0.4, 0.5) is 5.69 Å². The van der Waals surface area contributed by atoms with E-state index >= 15 is 0 Å². The van der Waals surface area contributed by atoms with E-state index in [0.717, 1.165) is 18.2 Å². The smallest absolute Gasteiger partial charge is 0.328 e. The van der Waals surface area contributed by atoms with E-state index < -0.39 is 10.9 Å². The number of nitro groups is 1. The molecule has 6 nitrogen and oxygen atoms in total. The number of hydrogen-bond acceptors (Lipinski definition) is 4. The number of nitrogens with zero attached hydrogens (tertiary/aromatic N) is 1. The number of hydrogen-bond donors (Lipinski definition) is 1. The van der Waals surface area contributed by atoms with Crippen LogP contribution in [0.3, 0.4) is 0 Å². The standard InChI is InChI=1S/C10H7Cl2NO5/c11-7-4-6(13(16)17)5-8(12)10(7)18-3-1-2-9(14)15/h1-2,4-5H,3H2,(H,14,15). The second-order valence-corrected chi connectivity index (χ2v) is 3.86. The van der Waals surface area contributed by atoms with Gasteiger partial charge in [-0.3, -0.25) is 10.1 Å². The lowest BCUT2D eigenvalue weighted by Gasteiger charge is -2.07. The van der Waals surface area contributed by atoms with Crippen LogP contribution in [0.5, 0.6) is 5.75 Å². The van der Waals surface area contributed by atoms with Crippen molar-refractivity contribution in [1.82, 2.24) is 0 Å². The van der Waals surface area contributed by atoms with Crippen molar-refractivity contribution in [2.24, 2.45) is 0 Å². The molecule has 0 saturated heterocycles. The van der Waals surface area contributed by atoms with Gasteiger partial charge in [-0.2, -0.15) is 0 Å². The van der Waals surface area contributed by atoms with Gasteiger partial charge < -0.3 is 9.84 Å². The molecule has 1 aromatic rings. The molecule has 0 atom stereocenters. The highest BCUT2D eigenvalue weighted by molar-refractivity contribution is 6.37. The van der Waals surface area contributed by atoms with Crippen molar-refractivity contribution in [3.05, 3.63) is 44.4 Å². The molecule has 96 valence electrons. The Balaban J connectivity index is 2.84. The molecule has 0 aliphatic rings. The van der Waals surface area contributed by atoms with Crippen molar-refractivity contribution in [2.45, 2.75) is 0 Å². The molecule has 0 aromatic heterocycles. The average molecular weight is 292 g/mol. The van der Waals surface area contributed by atoms with Gasteiger partial charge in [0.25, 0.3) is 5.69 Å². The number of aliphatic carboxylic acids is 1. The van der Waals surface area contributed by atoms with E-state index in [1.807, 2.05) is 0 Å². The summed E-state index contributed by atoms with van der Waals surface area (Å²) in [5.74, 6) is -1.04. The summed E-state index contributed by atoms with van der Waals surface area (Å²) < 4.78 is 5.12. The van der Waals surface area contributed by atoms with E-state index in [4.69, 9.17) is 33.0 Å². The Hall–Kier alpha value is -1.79. The summed E-state index contributed by atoms with van der Waals surface area (Å²) in [5.41, 5.74) is -0.251. The maximum Gasteiger partial charge on any atom is 0.328 e. The number of halogens is 2. The number of carbonyl (C=O) groups is 1. The van der Waals surface area contributed by atoms with Gasteiger partial charge in [0.2, 0.25) is 0 Å². The molecule has 0 heterocycles. The number of rotatable bonds is 5. The summed E-state index contributed by atoms with van der Waals surface area (Å²) in [6.45, 7) is -0.0659. The van der Waals surface area contributed by atoms with Crippen molar-refractivity contribution < 1.29 is 19.6 Å². The first-order valence-electron chi connectivity index (χ1n) is 4.57. The van der Waals surface area contributed by atoms with Crippen molar-refractivity contribution in [3.8, 4) is 5.75 Å². The van der Waals surface area contributed by atoms with Crippen LogP contribution in [0.2, 0.25) is 10.0 Å². The maximum atomic E-state index is 10.5. The van der Waals surface area contributed by atoms with E-state index in [1.165, 1.54) is 6.08 Å². The van der Waals surface area contributed by atoms with Gasteiger partial charge in [0.05, 0.1) is 15.0 Å². The largest absolute Gasteiger partial charge is 0.486 e. The number of benzene rings is 1. The molecule has 0 aliphatic heterocycles. The van der Waals surface area contributed by atoms with Crippen LogP contribution >= 0.6 is 23.2 Å². The van der Waals surface area contributed by atoms with Gasteiger partial charge in [-0.15, -0.1) is 0 Å². The summed E-state index contributed by atoms with van der Waals surface area (Å²) in [4.78, 5) is 20.1. The number of carboxylic acid groups (broad SMARTS) is 1. The third kappa shape index (κ3) is 3.90. The molecule has 0 fully saturated rings. The molecular weight excluding hydrogens is 285 g/mol. The van der Waals surface area contributed by atoms with Crippen LogP contribution in [-0.4, -0.2) is 22.6 Å². The van der Waals surface area contributed by atoms with E-state index in [9.17, 15) is 14.9 Å². The molecule has 0 spiro atoms. The van der Waals surface area contributed by atoms with Crippen LogP contribution in [0, 0.1) is 10.1 Å². The van der Waals surface area contributed by atoms with Gasteiger partial charge in [-0.25, -0.2) is 4.79 Å². The molecule has 0 amide bonds. The minimum atomic E-state index is -1.11. The Kier molecular flexibility index (Phi) is 4.94. The van der Waals surface area contributed by atoms with Crippen molar-refractivity contribution in [2.75, 3.05) is 6.61 Å². The number of carboxylic acids is 1. The van der Waals surface area contributed by atoms with Gasteiger partial charge in [-0.05, 0) is 6.08 Å². The third-order valence-corrected chi connectivity index (χ3v) is 2.34. The highest BCUT2D eigenvalue weighted by atomic mass is 35.5. The van der Waals surface area contributed by atoms with E-state index in [1.54, 1.807) is 0 Å². The molecule has 1 aromatic carbocycles. The highest BCUT2D eigenvalue weighted by Gasteiger charge is 2.15. The lowest BCUT2D eigenvalue weighted by atomic mass is 10.3. The van der Waals surface area contributed by atoms with E-state index in [2.05, 4.69) is 0 Å². The Bertz CT molecular complexity index is 492. The van der Waals surface area contributed by atoms with Crippen LogP contribution in [0.25, 0.3) is 0 Å². The summed E-state index contributed by atoms with van der Waals surface area (Å²) in [6.07, 6.45) is 2.14. The summed E-state index contributed by atoms with van der Waals surface area (Å²) >= 11 is 11.5. The molecule has 0 bridgehead atoms. The van der Waals surface area contributed by atoms with Gasteiger partial charge >= 0.3 is 5.97 Å². The van der Waals surface area contributed by atoms with E-state index in [0.29, 0.717) is 0 Å². The number of ether oxygens (including phenoxy) is 1. The summed E-state index contributed by atoms with van der Waals surface area (Å²) in [5, 5.41) is 18.8. The normalized spacial score (nSPS) is 10.6. The Morgan fingerprint density at radius 2 is 2.00 bits per heavy atom. The molecule has 1 rings (SSSR count). The quantitative estimate of drug-likeness (QED) is 0.512. The predicted octanol–water partition coefficient (Wildman–Crippen LogP) is 2.92. The average Bonchev–Trinajstić information content (AvgIpc) is 2.26. The molecule has 18 heavy (non-hydrogen) atoms. The topological polar surface area (TPSA) is 89.7 Å². The third-order valence-electron chi connectivity index (χ3n) is 1.78. The Labute approximate surface area is 112 Å². The molecule has 8 heteroatoms. The summed E-state index contributed by atoms with van der Waals surface area (Å²) in [6, 6.07) is 2.20. The molecule has 0 radical (unpaired) electrons. The highest BCUT2D eigenvalue weighted by Crippen LogP contribution is 2.36.